The summed E-state index contributed by atoms with van der Waals surface area (Å²) < 4.78 is 0. The number of nitrogens with one attached hydrogen (secondary N) is 1. The third-order valence-electron chi connectivity index (χ3n) is 4.45. The van der Waals surface area contributed by atoms with Gasteiger partial charge in [0.2, 0.25) is 0 Å². The molecule has 2 aromatic heterocycles. The number of hydrogen-bond donors (Lipinski definition) is 3. The summed E-state index contributed by atoms with van der Waals surface area (Å²) in [5, 5.41) is 11.2. The quantitative estimate of drug-likeness (QED) is 0.528. The third kappa shape index (κ3) is 2.44. The Kier molecular flexibility index (Phi) is 3.74. The molecule has 1 amide bonds. The molecule has 2 heterocycles. The van der Waals surface area contributed by atoms with E-state index in [-0.39, 0.29) is 0 Å². The fourth-order valence-electron chi connectivity index (χ4n) is 3.11. The number of benzene rings is 2. The van der Waals surface area contributed by atoms with Gasteiger partial charge in [0.15, 0.2) is 11.2 Å². The molecular weight excluding hydrogens is 328 g/mol. The number of aliphatic hydroxyl groups is 1. The molecule has 4 N–H and O–H groups in total. The second-order valence-corrected chi connectivity index (χ2v) is 5.98. The maximum Gasteiger partial charge on any atom is 0.258 e. The number of carbonyl (C=O) groups excluding carboxylic acids is 1. The predicted molar refractivity (Wildman–Crippen MR) is 98.0 cm³/mol. The number of hydrogen-bond acceptors (Lipinski definition) is 4. The van der Waals surface area contributed by atoms with E-state index >= 15 is 0 Å². The molecule has 0 aliphatic heterocycles. The van der Waals surface area contributed by atoms with Crippen LogP contribution in [-0.4, -0.2) is 26.0 Å². The zero-order chi connectivity index (χ0) is 18.1. The summed E-state index contributed by atoms with van der Waals surface area (Å²) in [6, 6.07) is 15.8. The van der Waals surface area contributed by atoms with E-state index in [1.807, 2.05) is 12.1 Å². The fourth-order valence-corrected chi connectivity index (χ4v) is 3.11. The van der Waals surface area contributed by atoms with Crippen molar-refractivity contribution in [1.82, 2.24) is 15.0 Å². The number of aromatic nitrogens is 3. The summed E-state index contributed by atoms with van der Waals surface area (Å²) in [5.74, 6) is -0.834. The number of aromatic amines is 1. The summed E-state index contributed by atoms with van der Waals surface area (Å²) in [4.78, 5) is 23.8. The van der Waals surface area contributed by atoms with E-state index in [1.54, 1.807) is 61.1 Å². The van der Waals surface area contributed by atoms with Gasteiger partial charge in [-0.1, -0.05) is 48.5 Å². The highest BCUT2D eigenvalue weighted by molar-refractivity contribution is 5.92. The second kappa shape index (κ2) is 6.09. The van der Waals surface area contributed by atoms with Gasteiger partial charge in [-0.25, -0.2) is 4.98 Å². The number of primary amides is 1. The van der Waals surface area contributed by atoms with Crippen molar-refractivity contribution in [3.05, 3.63) is 84.3 Å². The van der Waals surface area contributed by atoms with Gasteiger partial charge in [-0.15, -0.1) is 0 Å². The highest BCUT2D eigenvalue weighted by Crippen LogP contribution is 2.33. The monoisotopic (exact) mass is 344 g/mol. The molecule has 6 heteroatoms. The largest absolute Gasteiger partial charge is 0.372 e. The molecule has 0 aliphatic carbocycles. The standard InChI is InChI=1S/C20H16N4O2/c21-19(25)20(26,14-6-2-1-3-7-14)15-8-4-5-13(11-15)16-12-24-18-17(16)22-9-10-23-18/h1-12,26H,(H2,21,25)(H,23,24). The maximum absolute atomic E-state index is 12.2. The fraction of sp³-hybridized carbons (Fsp3) is 0.0500. The van der Waals surface area contributed by atoms with Gasteiger partial charge in [-0.3, -0.25) is 9.78 Å². The normalized spacial score (nSPS) is 13.4. The van der Waals surface area contributed by atoms with Gasteiger partial charge in [0.05, 0.1) is 0 Å². The van der Waals surface area contributed by atoms with E-state index in [2.05, 4.69) is 15.0 Å². The molecule has 4 rings (SSSR count). The van der Waals surface area contributed by atoms with Crippen LogP contribution >= 0.6 is 0 Å². The minimum Gasteiger partial charge on any atom is -0.372 e. The highest BCUT2D eigenvalue weighted by Gasteiger charge is 2.38. The van der Waals surface area contributed by atoms with Gasteiger partial charge >= 0.3 is 0 Å². The molecule has 1 atom stereocenters. The van der Waals surface area contributed by atoms with Gasteiger partial charge in [0.1, 0.15) is 5.52 Å². The molecule has 128 valence electrons. The van der Waals surface area contributed by atoms with E-state index in [4.69, 9.17) is 5.73 Å². The number of amides is 1. The summed E-state index contributed by atoms with van der Waals surface area (Å²) in [6.45, 7) is 0. The lowest BCUT2D eigenvalue weighted by atomic mass is 9.84. The zero-order valence-electron chi connectivity index (χ0n) is 13.8. The van der Waals surface area contributed by atoms with Crippen molar-refractivity contribution in [2.75, 3.05) is 0 Å². The lowest BCUT2D eigenvalue weighted by Crippen LogP contribution is -2.42. The van der Waals surface area contributed by atoms with Crippen molar-refractivity contribution < 1.29 is 9.90 Å². The Labute approximate surface area is 149 Å². The molecule has 0 fully saturated rings. The lowest BCUT2D eigenvalue weighted by molar-refractivity contribution is -0.133. The molecule has 2 aromatic carbocycles. The number of nitrogens with zero attached hydrogens (tertiary/aromatic N) is 2. The lowest BCUT2D eigenvalue weighted by Gasteiger charge is -2.26. The highest BCUT2D eigenvalue weighted by atomic mass is 16.3. The van der Waals surface area contributed by atoms with Crippen molar-refractivity contribution in [3.8, 4) is 11.1 Å². The molecule has 0 bridgehead atoms. The van der Waals surface area contributed by atoms with Crippen molar-refractivity contribution in [2.24, 2.45) is 5.73 Å². The van der Waals surface area contributed by atoms with Gasteiger partial charge in [-0.05, 0) is 22.8 Å². The molecule has 0 spiro atoms. The van der Waals surface area contributed by atoms with E-state index in [1.165, 1.54) is 0 Å². The number of rotatable bonds is 4. The smallest absolute Gasteiger partial charge is 0.258 e. The first-order valence-electron chi connectivity index (χ1n) is 8.07. The molecule has 0 saturated carbocycles. The molecule has 1 unspecified atom stereocenters. The van der Waals surface area contributed by atoms with Crippen LogP contribution in [0.3, 0.4) is 0 Å². The Morgan fingerprint density at radius 1 is 1.00 bits per heavy atom. The SMILES string of the molecule is NC(=O)C(O)(c1ccccc1)c1cccc(-c2c[nH]c3nccnc23)c1. The van der Waals surface area contributed by atoms with Crippen LogP contribution in [0, 0.1) is 0 Å². The van der Waals surface area contributed by atoms with E-state index in [0.29, 0.717) is 22.3 Å². The maximum atomic E-state index is 12.2. The molecule has 0 radical (unpaired) electrons. The van der Waals surface area contributed by atoms with Crippen LogP contribution in [0.4, 0.5) is 0 Å². The first kappa shape index (κ1) is 16.0. The van der Waals surface area contributed by atoms with Crippen LogP contribution < -0.4 is 5.73 Å². The van der Waals surface area contributed by atoms with Gasteiger partial charge in [-0.2, -0.15) is 0 Å². The zero-order valence-corrected chi connectivity index (χ0v) is 13.8. The Bertz CT molecular complexity index is 1090. The molecule has 0 saturated heterocycles. The van der Waals surface area contributed by atoms with Crippen molar-refractivity contribution in [1.29, 1.82) is 0 Å². The minimum atomic E-state index is -1.92. The number of fused-ring (bicyclic) bond motifs is 1. The molecule has 0 aliphatic rings. The van der Waals surface area contributed by atoms with Crippen LogP contribution in [-0.2, 0) is 10.4 Å². The number of carbonyl (C=O) groups is 1. The van der Waals surface area contributed by atoms with Gasteiger partial charge in [0.25, 0.3) is 5.91 Å². The van der Waals surface area contributed by atoms with E-state index in [0.717, 1.165) is 11.1 Å². The average Bonchev–Trinajstić information content (AvgIpc) is 3.12. The second-order valence-electron chi connectivity index (χ2n) is 5.98. The molecule has 26 heavy (non-hydrogen) atoms. The Hall–Kier alpha value is -3.51. The third-order valence-corrected chi connectivity index (χ3v) is 4.45. The Morgan fingerprint density at radius 3 is 2.50 bits per heavy atom. The summed E-state index contributed by atoms with van der Waals surface area (Å²) >= 11 is 0. The predicted octanol–water partition coefficient (Wildman–Crippen LogP) is 2.35. The average molecular weight is 344 g/mol. The molecular formula is C20H16N4O2. The van der Waals surface area contributed by atoms with Crippen molar-refractivity contribution >= 4 is 17.1 Å². The van der Waals surface area contributed by atoms with Gasteiger partial charge < -0.3 is 15.8 Å². The van der Waals surface area contributed by atoms with Crippen LogP contribution in [0.15, 0.2) is 73.2 Å². The van der Waals surface area contributed by atoms with Gasteiger partial charge in [0, 0.05) is 24.2 Å². The van der Waals surface area contributed by atoms with Crippen LogP contribution in [0.5, 0.6) is 0 Å². The van der Waals surface area contributed by atoms with E-state index < -0.39 is 11.5 Å². The van der Waals surface area contributed by atoms with E-state index in [9.17, 15) is 9.90 Å². The number of H-pyrrole nitrogens is 1. The minimum absolute atomic E-state index is 0.395. The summed E-state index contributed by atoms with van der Waals surface area (Å²) in [7, 11) is 0. The molecule has 6 nitrogen and oxygen atoms in total. The summed E-state index contributed by atoms with van der Waals surface area (Å²) in [6.07, 6.45) is 5.03. The van der Waals surface area contributed by atoms with Crippen LogP contribution in [0.2, 0.25) is 0 Å². The molecule has 4 aromatic rings. The van der Waals surface area contributed by atoms with Crippen molar-refractivity contribution in [3.63, 3.8) is 0 Å². The first-order chi connectivity index (χ1) is 12.6. The Morgan fingerprint density at radius 2 is 1.73 bits per heavy atom. The van der Waals surface area contributed by atoms with Crippen LogP contribution in [0.1, 0.15) is 11.1 Å². The first-order valence-corrected chi connectivity index (χ1v) is 8.07. The van der Waals surface area contributed by atoms with Crippen molar-refractivity contribution in [2.45, 2.75) is 5.60 Å². The Balaban J connectivity index is 1.88. The van der Waals surface area contributed by atoms with Crippen LogP contribution in [0.25, 0.3) is 22.3 Å². The topological polar surface area (TPSA) is 105 Å². The number of nitrogens with two attached hydrogens (primary N) is 1. The summed E-state index contributed by atoms with van der Waals surface area (Å²) in [5.41, 5.74) is 7.48.